The fourth-order valence-corrected chi connectivity index (χ4v) is 4.79. The van der Waals surface area contributed by atoms with Crippen LogP contribution in [0.1, 0.15) is 11.1 Å². The van der Waals surface area contributed by atoms with Crippen molar-refractivity contribution in [1.82, 2.24) is 9.73 Å². The summed E-state index contributed by atoms with van der Waals surface area (Å²) in [5.74, 6) is -0.581. The van der Waals surface area contributed by atoms with Crippen LogP contribution in [0.4, 0.5) is 0 Å². The van der Waals surface area contributed by atoms with Gasteiger partial charge < -0.3 is 0 Å². The van der Waals surface area contributed by atoms with Crippen LogP contribution < -0.4 is 5.43 Å². The molecule has 3 aromatic rings. The second-order valence-electron chi connectivity index (χ2n) is 6.70. The Balaban J connectivity index is 1.79. The number of nitrogens with one attached hydrogen (secondary N) is 1. The molecule has 0 bridgehead atoms. The molecule has 0 fully saturated rings. The lowest BCUT2D eigenvalue weighted by molar-refractivity contribution is -0.121. The second-order valence-corrected chi connectivity index (χ2v) is 10.4. The zero-order valence-electron chi connectivity index (χ0n) is 16.6. The number of nitrogens with zero attached hydrogens (tertiary/aromatic N) is 2. The van der Waals surface area contributed by atoms with E-state index in [4.69, 9.17) is 23.2 Å². The van der Waals surface area contributed by atoms with Crippen LogP contribution in [0.3, 0.4) is 0 Å². The zero-order chi connectivity index (χ0) is 23.1. The Bertz CT molecular complexity index is 1220. The maximum atomic E-state index is 13.2. The van der Waals surface area contributed by atoms with Crippen LogP contribution in [-0.2, 0) is 21.4 Å². The Hall–Kier alpha value is -2.23. The number of halogens is 3. The van der Waals surface area contributed by atoms with Crippen molar-refractivity contribution in [2.45, 2.75) is 11.4 Å². The minimum Gasteiger partial charge on any atom is -0.272 e. The molecule has 1 N–H and O–H groups in total. The molecule has 166 valence electrons. The smallest absolute Gasteiger partial charge is 0.255 e. The van der Waals surface area contributed by atoms with Crippen molar-refractivity contribution in [3.8, 4) is 0 Å². The van der Waals surface area contributed by atoms with Crippen molar-refractivity contribution >= 4 is 61.3 Å². The minimum atomic E-state index is -3.98. The first-order chi connectivity index (χ1) is 15.2. The summed E-state index contributed by atoms with van der Waals surface area (Å²) in [5.41, 5.74) is 3.82. The molecule has 0 aliphatic carbocycles. The Morgan fingerprint density at radius 2 is 1.62 bits per heavy atom. The fourth-order valence-electron chi connectivity index (χ4n) is 2.74. The van der Waals surface area contributed by atoms with Gasteiger partial charge in [-0.2, -0.15) is 9.41 Å². The number of rotatable bonds is 8. The number of carbonyl (C=O) groups is 1. The van der Waals surface area contributed by atoms with E-state index in [1.807, 2.05) is 24.3 Å². The molecule has 32 heavy (non-hydrogen) atoms. The first-order valence-corrected chi connectivity index (χ1v) is 12.3. The van der Waals surface area contributed by atoms with Crippen molar-refractivity contribution in [1.29, 1.82) is 0 Å². The summed E-state index contributed by atoms with van der Waals surface area (Å²) < 4.78 is 28.4. The van der Waals surface area contributed by atoms with Crippen molar-refractivity contribution in [3.05, 3.63) is 98.4 Å². The summed E-state index contributed by atoms with van der Waals surface area (Å²) in [4.78, 5) is 12.5. The van der Waals surface area contributed by atoms with E-state index in [0.29, 0.717) is 15.6 Å². The molecular weight excluding hydrogens is 537 g/mol. The van der Waals surface area contributed by atoms with E-state index in [9.17, 15) is 13.2 Å². The Morgan fingerprint density at radius 3 is 2.25 bits per heavy atom. The molecule has 0 aliphatic rings. The van der Waals surface area contributed by atoms with Gasteiger partial charge in [0.1, 0.15) is 0 Å². The Morgan fingerprint density at radius 1 is 1.00 bits per heavy atom. The summed E-state index contributed by atoms with van der Waals surface area (Å²) in [6.45, 7) is -0.450. The molecule has 0 heterocycles. The van der Waals surface area contributed by atoms with E-state index >= 15 is 0 Å². The van der Waals surface area contributed by atoms with Crippen LogP contribution in [0.15, 0.2) is 87.3 Å². The summed E-state index contributed by atoms with van der Waals surface area (Å²) in [6, 6.07) is 19.8. The van der Waals surface area contributed by atoms with E-state index in [1.54, 1.807) is 24.3 Å². The summed E-state index contributed by atoms with van der Waals surface area (Å²) in [6.07, 6.45) is 1.47. The van der Waals surface area contributed by atoms with Gasteiger partial charge in [0.25, 0.3) is 5.91 Å². The molecule has 0 radical (unpaired) electrons. The number of hydrogen-bond acceptors (Lipinski definition) is 4. The van der Waals surface area contributed by atoms with E-state index < -0.39 is 22.5 Å². The minimum absolute atomic E-state index is 0.0229. The van der Waals surface area contributed by atoms with Crippen LogP contribution in [0.5, 0.6) is 0 Å². The summed E-state index contributed by atoms with van der Waals surface area (Å²) in [5, 5.41) is 4.86. The average molecular weight is 555 g/mol. The van der Waals surface area contributed by atoms with Crippen molar-refractivity contribution in [3.63, 3.8) is 0 Å². The highest BCUT2D eigenvalue weighted by Crippen LogP contribution is 2.21. The van der Waals surface area contributed by atoms with Crippen molar-refractivity contribution in [2.24, 2.45) is 5.10 Å². The lowest BCUT2D eigenvalue weighted by Gasteiger charge is -2.21. The van der Waals surface area contributed by atoms with Gasteiger partial charge in [-0.25, -0.2) is 13.8 Å². The molecule has 0 aliphatic heterocycles. The number of sulfonamides is 1. The molecule has 0 spiro atoms. The topological polar surface area (TPSA) is 78.8 Å². The Kier molecular flexibility index (Phi) is 8.44. The molecule has 3 rings (SSSR count). The van der Waals surface area contributed by atoms with Gasteiger partial charge in [-0.05, 0) is 59.7 Å². The SMILES string of the molecule is O=C(CN(Cc1ccc(Cl)cc1)S(=O)(=O)c1ccc(Cl)cc1)N/N=C\c1cccc(Br)c1. The first kappa shape index (κ1) is 24.4. The van der Waals surface area contributed by atoms with Crippen LogP contribution in [0, 0.1) is 0 Å². The molecular formula is C22H18BrCl2N3O3S. The molecule has 0 unspecified atom stereocenters. The first-order valence-electron chi connectivity index (χ1n) is 9.32. The number of hydrogen-bond donors (Lipinski definition) is 1. The third-order valence-corrected chi connectivity index (χ3v) is 7.10. The van der Waals surface area contributed by atoms with Crippen LogP contribution >= 0.6 is 39.1 Å². The maximum Gasteiger partial charge on any atom is 0.255 e. The molecule has 10 heteroatoms. The highest BCUT2D eigenvalue weighted by atomic mass is 79.9. The third kappa shape index (κ3) is 6.88. The van der Waals surface area contributed by atoms with Gasteiger partial charge in [0.15, 0.2) is 0 Å². The number of benzene rings is 3. The lowest BCUT2D eigenvalue weighted by Crippen LogP contribution is -2.39. The standard InChI is InChI=1S/C22H18BrCl2N3O3S/c23-18-3-1-2-17(12-18)13-26-27-22(29)15-28(14-16-4-6-19(24)7-5-16)32(30,31)21-10-8-20(25)9-11-21/h1-13H,14-15H2,(H,27,29)/b26-13-. The average Bonchev–Trinajstić information content (AvgIpc) is 2.75. The molecule has 0 saturated heterocycles. The van der Waals surface area contributed by atoms with Gasteiger partial charge in [0.2, 0.25) is 10.0 Å². The van der Waals surface area contributed by atoms with E-state index in [-0.39, 0.29) is 11.4 Å². The van der Waals surface area contributed by atoms with Gasteiger partial charge in [0.05, 0.1) is 17.7 Å². The molecule has 1 amide bonds. The normalized spacial score (nSPS) is 11.8. The molecule has 3 aromatic carbocycles. The second kappa shape index (κ2) is 11.1. The molecule has 0 saturated carbocycles. The highest BCUT2D eigenvalue weighted by Gasteiger charge is 2.27. The van der Waals surface area contributed by atoms with Gasteiger partial charge in [-0.1, -0.05) is 63.4 Å². The predicted octanol–water partition coefficient (Wildman–Crippen LogP) is 5.10. The Labute approximate surface area is 205 Å². The number of carbonyl (C=O) groups excluding carboxylic acids is 1. The zero-order valence-corrected chi connectivity index (χ0v) is 20.5. The van der Waals surface area contributed by atoms with E-state index in [0.717, 1.165) is 14.3 Å². The number of hydrazone groups is 1. The van der Waals surface area contributed by atoms with Gasteiger partial charge >= 0.3 is 0 Å². The van der Waals surface area contributed by atoms with Crippen LogP contribution in [0.2, 0.25) is 10.0 Å². The van der Waals surface area contributed by atoms with Crippen molar-refractivity contribution in [2.75, 3.05) is 6.54 Å². The van der Waals surface area contributed by atoms with E-state index in [2.05, 4.69) is 26.5 Å². The van der Waals surface area contributed by atoms with Crippen LogP contribution in [0.25, 0.3) is 0 Å². The molecule has 0 aromatic heterocycles. The summed E-state index contributed by atoms with van der Waals surface area (Å²) >= 11 is 15.2. The molecule has 0 atom stereocenters. The largest absolute Gasteiger partial charge is 0.272 e. The quantitative estimate of drug-likeness (QED) is 0.311. The van der Waals surface area contributed by atoms with Crippen molar-refractivity contribution < 1.29 is 13.2 Å². The lowest BCUT2D eigenvalue weighted by atomic mass is 10.2. The van der Waals surface area contributed by atoms with Gasteiger partial charge in [-0.15, -0.1) is 0 Å². The maximum absolute atomic E-state index is 13.2. The third-order valence-electron chi connectivity index (χ3n) is 4.30. The van der Waals surface area contributed by atoms with Gasteiger partial charge in [-0.3, -0.25) is 4.79 Å². The monoisotopic (exact) mass is 553 g/mol. The number of amides is 1. The fraction of sp³-hybridized carbons (Fsp3) is 0.0909. The molecule has 6 nitrogen and oxygen atoms in total. The highest BCUT2D eigenvalue weighted by molar-refractivity contribution is 9.10. The predicted molar refractivity (Wildman–Crippen MR) is 130 cm³/mol. The summed E-state index contributed by atoms with van der Waals surface area (Å²) in [7, 11) is -3.98. The van der Waals surface area contributed by atoms with E-state index in [1.165, 1.54) is 30.5 Å². The van der Waals surface area contributed by atoms with Crippen LogP contribution in [-0.4, -0.2) is 31.4 Å². The van der Waals surface area contributed by atoms with Gasteiger partial charge in [0, 0.05) is 21.1 Å².